The van der Waals surface area contributed by atoms with Gasteiger partial charge in [-0.2, -0.15) is 0 Å². The Labute approximate surface area is 120 Å². The fourth-order valence-electron chi connectivity index (χ4n) is 1.78. The number of methoxy groups -OCH3 is 2. The summed E-state index contributed by atoms with van der Waals surface area (Å²) < 4.78 is 16.0. The highest BCUT2D eigenvalue weighted by molar-refractivity contribution is 6.32. The summed E-state index contributed by atoms with van der Waals surface area (Å²) in [6.07, 6.45) is -0.216. The number of rotatable bonds is 7. The minimum atomic E-state index is -0.314. The first-order valence-electron chi connectivity index (χ1n) is 6.26. The van der Waals surface area contributed by atoms with E-state index in [1.54, 1.807) is 14.2 Å². The Morgan fingerprint density at radius 2 is 1.74 bits per heavy atom. The standard InChI is InChI=1S/C14H22ClNO3/c1-9(2)19-13-7-6-11(8-12(13)15)16-10(3)14(17-4)18-5/h6-10,14,16H,1-5H3. The lowest BCUT2D eigenvalue weighted by Crippen LogP contribution is -2.33. The summed E-state index contributed by atoms with van der Waals surface area (Å²) in [4.78, 5) is 0. The number of hydrogen-bond acceptors (Lipinski definition) is 4. The molecule has 0 amide bonds. The quantitative estimate of drug-likeness (QED) is 0.779. The molecule has 1 rings (SSSR count). The van der Waals surface area contributed by atoms with Crippen molar-refractivity contribution in [1.29, 1.82) is 0 Å². The maximum atomic E-state index is 6.18. The van der Waals surface area contributed by atoms with Crippen molar-refractivity contribution in [2.75, 3.05) is 19.5 Å². The molecule has 1 aromatic carbocycles. The van der Waals surface area contributed by atoms with E-state index in [4.69, 9.17) is 25.8 Å². The van der Waals surface area contributed by atoms with Gasteiger partial charge in [-0.25, -0.2) is 0 Å². The van der Waals surface area contributed by atoms with Crippen molar-refractivity contribution in [3.8, 4) is 5.75 Å². The summed E-state index contributed by atoms with van der Waals surface area (Å²) >= 11 is 6.18. The second-order valence-corrected chi connectivity index (χ2v) is 4.99. The lowest BCUT2D eigenvalue weighted by atomic mass is 10.2. The Bertz CT molecular complexity index is 394. The first kappa shape index (κ1) is 16.1. The van der Waals surface area contributed by atoms with Crippen LogP contribution in [0, 0.1) is 0 Å². The summed E-state index contributed by atoms with van der Waals surface area (Å²) in [5.41, 5.74) is 0.896. The predicted octanol–water partition coefficient (Wildman–Crippen LogP) is 3.55. The van der Waals surface area contributed by atoms with Crippen LogP contribution in [0.25, 0.3) is 0 Å². The van der Waals surface area contributed by atoms with Crippen LogP contribution in [0.15, 0.2) is 18.2 Å². The summed E-state index contributed by atoms with van der Waals surface area (Å²) in [5.74, 6) is 0.685. The third-order valence-corrected chi connectivity index (χ3v) is 2.86. The second-order valence-electron chi connectivity index (χ2n) is 4.58. The van der Waals surface area contributed by atoms with Crippen molar-refractivity contribution in [2.45, 2.75) is 39.2 Å². The van der Waals surface area contributed by atoms with E-state index in [1.807, 2.05) is 39.0 Å². The van der Waals surface area contributed by atoms with Gasteiger partial charge in [-0.05, 0) is 39.0 Å². The molecule has 5 heteroatoms. The van der Waals surface area contributed by atoms with Gasteiger partial charge in [-0.15, -0.1) is 0 Å². The third-order valence-electron chi connectivity index (χ3n) is 2.56. The molecule has 1 unspecified atom stereocenters. The monoisotopic (exact) mass is 287 g/mol. The third kappa shape index (κ3) is 4.90. The van der Waals surface area contributed by atoms with Crippen LogP contribution in [0.4, 0.5) is 5.69 Å². The average molecular weight is 288 g/mol. The lowest BCUT2D eigenvalue weighted by molar-refractivity contribution is -0.109. The maximum Gasteiger partial charge on any atom is 0.176 e. The molecule has 0 saturated carbocycles. The second kappa shape index (κ2) is 7.58. The SMILES string of the molecule is COC(OC)C(C)Nc1ccc(OC(C)C)c(Cl)c1. The van der Waals surface area contributed by atoms with Crippen molar-refractivity contribution in [3.05, 3.63) is 23.2 Å². The molecule has 0 saturated heterocycles. The van der Waals surface area contributed by atoms with E-state index in [0.29, 0.717) is 10.8 Å². The van der Waals surface area contributed by atoms with Crippen LogP contribution in [-0.4, -0.2) is 32.7 Å². The van der Waals surface area contributed by atoms with Crippen LogP contribution >= 0.6 is 11.6 Å². The van der Waals surface area contributed by atoms with Crippen molar-refractivity contribution in [1.82, 2.24) is 0 Å². The molecule has 0 heterocycles. The van der Waals surface area contributed by atoms with E-state index in [9.17, 15) is 0 Å². The molecule has 19 heavy (non-hydrogen) atoms. The number of ether oxygens (including phenoxy) is 3. The first-order valence-corrected chi connectivity index (χ1v) is 6.64. The van der Waals surface area contributed by atoms with Gasteiger partial charge in [0.2, 0.25) is 0 Å². The number of benzene rings is 1. The van der Waals surface area contributed by atoms with Crippen molar-refractivity contribution >= 4 is 17.3 Å². The fourth-order valence-corrected chi connectivity index (χ4v) is 2.00. The number of anilines is 1. The van der Waals surface area contributed by atoms with E-state index >= 15 is 0 Å². The van der Waals surface area contributed by atoms with Crippen LogP contribution < -0.4 is 10.1 Å². The summed E-state index contributed by atoms with van der Waals surface area (Å²) in [7, 11) is 3.22. The van der Waals surface area contributed by atoms with Gasteiger partial charge in [0.05, 0.1) is 17.2 Å². The molecular formula is C14H22ClNO3. The van der Waals surface area contributed by atoms with Crippen molar-refractivity contribution < 1.29 is 14.2 Å². The Morgan fingerprint density at radius 1 is 1.11 bits per heavy atom. The van der Waals surface area contributed by atoms with Gasteiger partial charge in [-0.3, -0.25) is 0 Å². The summed E-state index contributed by atoms with van der Waals surface area (Å²) in [6, 6.07) is 5.61. The molecular weight excluding hydrogens is 266 g/mol. The van der Waals surface area contributed by atoms with Crippen LogP contribution in [0.3, 0.4) is 0 Å². The van der Waals surface area contributed by atoms with Gasteiger partial charge in [0, 0.05) is 19.9 Å². The molecule has 0 spiro atoms. The largest absolute Gasteiger partial charge is 0.489 e. The topological polar surface area (TPSA) is 39.7 Å². The van der Waals surface area contributed by atoms with Gasteiger partial charge in [0.1, 0.15) is 5.75 Å². The predicted molar refractivity (Wildman–Crippen MR) is 78.1 cm³/mol. The number of halogens is 1. The molecule has 4 nitrogen and oxygen atoms in total. The molecule has 1 N–H and O–H groups in total. The lowest BCUT2D eigenvalue weighted by Gasteiger charge is -2.23. The Morgan fingerprint density at radius 3 is 2.21 bits per heavy atom. The molecule has 0 bridgehead atoms. The van der Waals surface area contributed by atoms with Gasteiger partial charge in [0.25, 0.3) is 0 Å². The van der Waals surface area contributed by atoms with Gasteiger partial charge >= 0.3 is 0 Å². The molecule has 0 radical (unpaired) electrons. The van der Waals surface area contributed by atoms with Crippen LogP contribution in [0.5, 0.6) is 5.75 Å². The highest BCUT2D eigenvalue weighted by Gasteiger charge is 2.16. The zero-order valence-electron chi connectivity index (χ0n) is 12.1. The highest BCUT2D eigenvalue weighted by atomic mass is 35.5. The average Bonchev–Trinajstić information content (AvgIpc) is 2.33. The van der Waals surface area contributed by atoms with Gasteiger partial charge in [0.15, 0.2) is 6.29 Å². The zero-order chi connectivity index (χ0) is 14.4. The van der Waals surface area contributed by atoms with Crippen LogP contribution in [0.2, 0.25) is 5.02 Å². The molecule has 1 aromatic rings. The van der Waals surface area contributed by atoms with Crippen LogP contribution in [-0.2, 0) is 9.47 Å². The number of nitrogens with one attached hydrogen (secondary N) is 1. The van der Waals surface area contributed by atoms with E-state index in [2.05, 4.69) is 5.32 Å². The van der Waals surface area contributed by atoms with E-state index in [-0.39, 0.29) is 18.4 Å². The van der Waals surface area contributed by atoms with Gasteiger partial charge in [-0.1, -0.05) is 11.6 Å². The molecule has 0 aliphatic heterocycles. The molecule has 0 fully saturated rings. The summed E-state index contributed by atoms with van der Waals surface area (Å²) in [5, 5.41) is 3.86. The molecule has 0 aliphatic rings. The Balaban J connectivity index is 2.72. The molecule has 0 aromatic heterocycles. The maximum absolute atomic E-state index is 6.18. The van der Waals surface area contributed by atoms with Crippen molar-refractivity contribution in [2.24, 2.45) is 0 Å². The van der Waals surface area contributed by atoms with E-state index in [1.165, 1.54) is 0 Å². The highest BCUT2D eigenvalue weighted by Crippen LogP contribution is 2.29. The zero-order valence-corrected chi connectivity index (χ0v) is 12.8. The molecule has 0 aliphatic carbocycles. The fraction of sp³-hybridized carbons (Fsp3) is 0.571. The number of hydrogen-bond donors (Lipinski definition) is 1. The molecule has 108 valence electrons. The Kier molecular flexibility index (Phi) is 6.42. The Hall–Kier alpha value is -0.970. The van der Waals surface area contributed by atoms with Gasteiger partial charge < -0.3 is 19.5 Å². The minimum Gasteiger partial charge on any atom is -0.489 e. The normalized spacial score (nSPS) is 12.8. The van der Waals surface area contributed by atoms with E-state index in [0.717, 1.165) is 5.69 Å². The smallest absolute Gasteiger partial charge is 0.176 e. The van der Waals surface area contributed by atoms with Crippen LogP contribution in [0.1, 0.15) is 20.8 Å². The van der Waals surface area contributed by atoms with Crippen molar-refractivity contribution in [3.63, 3.8) is 0 Å². The molecule has 1 atom stereocenters. The van der Waals surface area contributed by atoms with E-state index < -0.39 is 0 Å². The summed E-state index contributed by atoms with van der Waals surface area (Å²) in [6.45, 7) is 5.91. The first-order chi connectivity index (χ1) is 8.97. The minimum absolute atomic E-state index is 0.00272.